The van der Waals surface area contributed by atoms with Crippen molar-refractivity contribution >= 4 is 11.0 Å². The second kappa shape index (κ2) is 7.73. The number of rotatable bonds is 4. The molecule has 10 nitrogen and oxygen atoms in total. The molecule has 4 rings (SSSR count). The third-order valence-corrected chi connectivity index (χ3v) is 5.88. The van der Waals surface area contributed by atoms with Crippen LogP contribution in [0.3, 0.4) is 0 Å². The lowest BCUT2D eigenvalue weighted by atomic mass is 9.94. The zero-order valence-electron chi connectivity index (χ0n) is 17.3. The highest BCUT2D eigenvalue weighted by atomic mass is 16.7. The summed E-state index contributed by atoms with van der Waals surface area (Å²) in [6, 6.07) is 2.84. The van der Waals surface area contributed by atoms with Gasteiger partial charge in [0.05, 0.1) is 6.61 Å². The SMILES string of the molecule is Cc1cc(=O)c2c(O)c3c(cc2o1)O[C@@H](C(C)(C)O[C@@H]1O[C@@H](CO)[C@@H](O)[C@@H](O)[C@H]1O)C3. The Bertz CT molecular complexity index is 1040. The number of hydrogen-bond donors (Lipinski definition) is 5. The summed E-state index contributed by atoms with van der Waals surface area (Å²) in [5.41, 5.74) is -0.827. The van der Waals surface area contributed by atoms with E-state index in [9.17, 15) is 30.3 Å². The maximum Gasteiger partial charge on any atom is 0.196 e. The van der Waals surface area contributed by atoms with Crippen molar-refractivity contribution in [2.45, 2.75) is 69.6 Å². The summed E-state index contributed by atoms with van der Waals surface area (Å²) in [6.07, 6.45) is -7.49. The van der Waals surface area contributed by atoms with Crippen molar-refractivity contribution in [1.82, 2.24) is 0 Å². The Morgan fingerprint density at radius 3 is 2.55 bits per heavy atom. The summed E-state index contributed by atoms with van der Waals surface area (Å²) >= 11 is 0. The molecule has 2 aliphatic heterocycles. The molecule has 1 fully saturated rings. The van der Waals surface area contributed by atoms with Crippen molar-refractivity contribution in [3.63, 3.8) is 0 Å². The van der Waals surface area contributed by atoms with E-state index in [2.05, 4.69) is 0 Å². The molecular weight excluding hydrogens is 412 g/mol. The van der Waals surface area contributed by atoms with Crippen molar-refractivity contribution in [1.29, 1.82) is 0 Å². The Labute approximate surface area is 177 Å². The Balaban J connectivity index is 1.59. The van der Waals surface area contributed by atoms with E-state index < -0.39 is 49.0 Å². The number of phenolic OH excluding ortho intramolecular Hbond substituents is 1. The number of ether oxygens (including phenoxy) is 3. The van der Waals surface area contributed by atoms with Gasteiger partial charge in [0.1, 0.15) is 64.3 Å². The lowest BCUT2D eigenvalue weighted by molar-refractivity contribution is -0.329. The van der Waals surface area contributed by atoms with Crippen LogP contribution in [-0.2, 0) is 15.9 Å². The van der Waals surface area contributed by atoms with Gasteiger partial charge in [-0.2, -0.15) is 0 Å². The Kier molecular flexibility index (Phi) is 5.49. The molecule has 1 saturated heterocycles. The van der Waals surface area contributed by atoms with Gasteiger partial charge in [0, 0.05) is 24.1 Å². The standard InChI is InChI=1S/C21H26O10/c1-8-4-10(23)15-12(28-8)6-11-9(16(15)24)5-14(29-11)21(2,3)31-20-19(27)18(26)17(25)13(7-22)30-20/h4,6,13-14,17-20,22,24-27H,5,7H2,1-3H3/t13-,14+,17+,18+,19+,20-/m0/s1. The summed E-state index contributed by atoms with van der Waals surface area (Å²) in [5.74, 6) is 0.527. The first-order chi connectivity index (χ1) is 14.5. The minimum atomic E-state index is -1.57. The van der Waals surface area contributed by atoms with Gasteiger partial charge in [-0.05, 0) is 20.8 Å². The van der Waals surface area contributed by atoms with Gasteiger partial charge in [-0.3, -0.25) is 4.79 Å². The Hall–Kier alpha value is -2.21. The molecule has 0 spiro atoms. The molecule has 1 aromatic heterocycles. The summed E-state index contributed by atoms with van der Waals surface area (Å²) in [6.45, 7) is 4.41. The van der Waals surface area contributed by atoms with Crippen LogP contribution in [0, 0.1) is 6.92 Å². The molecule has 0 saturated carbocycles. The number of aliphatic hydroxyl groups excluding tert-OH is 4. The van der Waals surface area contributed by atoms with Gasteiger partial charge in [0.15, 0.2) is 11.7 Å². The highest BCUT2D eigenvalue weighted by Crippen LogP contribution is 2.43. The average molecular weight is 438 g/mol. The first kappa shape index (κ1) is 22.0. The fourth-order valence-corrected chi connectivity index (χ4v) is 4.05. The molecule has 0 bridgehead atoms. The number of aryl methyl sites for hydroxylation is 1. The maximum absolute atomic E-state index is 12.3. The van der Waals surface area contributed by atoms with E-state index in [1.807, 2.05) is 0 Å². The van der Waals surface area contributed by atoms with Crippen LogP contribution in [-0.4, -0.2) is 74.6 Å². The van der Waals surface area contributed by atoms with E-state index in [-0.39, 0.29) is 28.6 Å². The number of aliphatic hydroxyl groups is 4. The summed E-state index contributed by atoms with van der Waals surface area (Å²) in [7, 11) is 0. The topological polar surface area (TPSA) is 159 Å². The third-order valence-electron chi connectivity index (χ3n) is 5.88. The van der Waals surface area contributed by atoms with Crippen LogP contribution in [0.2, 0.25) is 0 Å². The largest absolute Gasteiger partial charge is 0.507 e. The van der Waals surface area contributed by atoms with Gasteiger partial charge in [-0.25, -0.2) is 0 Å². The zero-order chi connectivity index (χ0) is 22.7. The molecule has 170 valence electrons. The molecule has 0 radical (unpaired) electrons. The molecule has 3 heterocycles. The molecular formula is C21H26O10. The van der Waals surface area contributed by atoms with Crippen molar-refractivity contribution < 1.29 is 44.2 Å². The third kappa shape index (κ3) is 3.69. The minimum absolute atomic E-state index is 0.0706. The van der Waals surface area contributed by atoms with Crippen molar-refractivity contribution in [3.05, 3.63) is 33.7 Å². The number of benzene rings is 1. The number of aromatic hydroxyl groups is 1. The van der Waals surface area contributed by atoms with Gasteiger partial charge in [0.2, 0.25) is 0 Å². The van der Waals surface area contributed by atoms with E-state index in [1.54, 1.807) is 26.8 Å². The molecule has 0 unspecified atom stereocenters. The predicted molar refractivity (Wildman–Crippen MR) is 106 cm³/mol. The fraction of sp³-hybridized carbons (Fsp3) is 0.571. The van der Waals surface area contributed by atoms with E-state index in [0.717, 1.165) is 0 Å². The van der Waals surface area contributed by atoms with Crippen molar-refractivity contribution in [2.75, 3.05) is 6.61 Å². The van der Waals surface area contributed by atoms with Crippen LogP contribution < -0.4 is 10.2 Å². The van der Waals surface area contributed by atoms with Crippen LogP contribution in [0.5, 0.6) is 11.5 Å². The smallest absolute Gasteiger partial charge is 0.196 e. The molecule has 2 aromatic rings. The number of hydrogen-bond acceptors (Lipinski definition) is 10. The second-order valence-corrected chi connectivity index (χ2v) is 8.53. The maximum atomic E-state index is 12.3. The van der Waals surface area contributed by atoms with Crippen LogP contribution >= 0.6 is 0 Å². The molecule has 0 aliphatic carbocycles. The van der Waals surface area contributed by atoms with Crippen LogP contribution in [0.4, 0.5) is 0 Å². The Morgan fingerprint density at radius 1 is 1.16 bits per heavy atom. The van der Waals surface area contributed by atoms with E-state index in [4.69, 9.17) is 18.6 Å². The number of fused-ring (bicyclic) bond motifs is 2. The van der Waals surface area contributed by atoms with Crippen LogP contribution in [0.1, 0.15) is 25.2 Å². The lowest BCUT2D eigenvalue weighted by Crippen LogP contribution is -2.61. The van der Waals surface area contributed by atoms with E-state index in [0.29, 0.717) is 17.1 Å². The monoisotopic (exact) mass is 438 g/mol. The molecule has 0 amide bonds. The van der Waals surface area contributed by atoms with Gasteiger partial charge in [0.25, 0.3) is 0 Å². The fourth-order valence-electron chi connectivity index (χ4n) is 4.05. The highest BCUT2D eigenvalue weighted by molar-refractivity contribution is 5.87. The average Bonchev–Trinajstić information content (AvgIpc) is 3.13. The quantitative estimate of drug-likeness (QED) is 0.429. The molecule has 1 aromatic carbocycles. The summed E-state index contributed by atoms with van der Waals surface area (Å²) in [5, 5.41) is 50.3. The van der Waals surface area contributed by atoms with Crippen molar-refractivity contribution in [3.8, 4) is 11.5 Å². The minimum Gasteiger partial charge on any atom is -0.507 e. The number of phenols is 1. The molecule has 5 N–H and O–H groups in total. The highest BCUT2D eigenvalue weighted by Gasteiger charge is 2.48. The summed E-state index contributed by atoms with van der Waals surface area (Å²) in [4.78, 5) is 12.3. The lowest BCUT2D eigenvalue weighted by Gasteiger charge is -2.43. The van der Waals surface area contributed by atoms with Gasteiger partial charge in [-0.15, -0.1) is 0 Å². The normalized spacial score (nSPS) is 30.9. The molecule has 2 aliphatic rings. The van der Waals surface area contributed by atoms with Gasteiger partial charge in [-0.1, -0.05) is 0 Å². The Morgan fingerprint density at radius 2 is 1.87 bits per heavy atom. The molecule has 6 atom stereocenters. The van der Waals surface area contributed by atoms with Crippen LogP contribution in [0.15, 0.2) is 21.3 Å². The first-order valence-electron chi connectivity index (χ1n) is 9.97. The van der Waals surface area contributed by atoms with E-state index >= 15 is 0 Å². The summed E-state index contributed by atoms with van der Waals surface area (Å²) < 4.78 is 22.8. The van der Waals surface area contributed by atoms with Crippen LogP contribution in [0.25, 0.3) is 11.0 Å². The predicted octanol–water partition coefficient (Wildman–Crippen LogP) is -0.294. The van der Waals surface area contributed by atoms with Gasteiger partial charge >= 0.3 is 0 Å². The second-order valence-electron chi connectivity index (χ2n) is 8.53. The first-order valence-corrected chi connectivity index (χ1v) is 9.97. The van der Waals surface area contributed by atoms with E-state index in [1.165, 1.54) is 6.07 Å². The van der Waals surface area contributed by atoms with Gasteiger partial charge < -0.3 is 44.2 Å². The molecule has 10 heteroatoms. The molecule has 31 heavy (non-hydrogen) atoms. The zero-order valence-corrected chi connectivity index (χ0v) is 17.3. The van der Waals surface area contributed by atoms with Crippen molar-refractivity contribution in [2.24, 2.45) is 0 Å².